The first-order valence-corrected chi connectivity index (χ1v) is 6.18. The molecule has 3 nitrogen and oxygen atoms in total. The fourth-order valence-corrected chi connectivity index (χ4v) is 2.58. The molecule has 0 fully saturated rings. The quantitative estimate of drug-likeness (QED) is 0.723. The second kappa shape index (κ2) is 6.82. The average Bonchev–Trinajstić information content (AvgIpc) is 2.25. The van der Waals surface area contributed by atoms with Gasteiger partial charge in [0, 0.05) is 30.3 Å². The molecular formula is C11H18N2OS. The zero-order valence-electron chi connectivity index (χ0n) is 8.97. The molecule has 0 saturated carbocycles. The van der Waals surface area contributed by atoms with Crippen molar-refractivity contribution in [2.45, 2.75) is 24.6 Å². The van der Waals surface area contributed by atoms with Gasteiger partial charge in [0.2, 0.25) is 0 Å². The number of hydrogen-bond acceptors (Lipinski definition) is 4. The standard InChI is InChI=1S/C11H18N2OS/c1-9(12)11(15-8-2-7-14)10-3-5-13-6-4-10/h3-6,9,11,14H,2,7-8,12H2,1H3. The SMILES string of the molecule is CC(N)C(SCCCO)c1ccncc1. The summed E-state index contributed by atoms with van der Waals surface area (Å²) in [6, 6.07) is 4.11. The summed E-state index contributed by atoms with van der Waals surface area (Å²) in [5.41, 5.74) is 7.16. The number of rotatable bonds is 6. The first-order valence-electron chi connectivity index (χ1n) is 5.13. The van der Waals surface area contributed by atoms with Gasteiger partial charge in [-0.1, -0.05) is 0 Å². The van der Waals surface area contributed by atoms with Crippen molar-refractivity contribution in [1.82, 2.24) is 4.98 Å². The normalized spacial score (nSPS) is 14.9. The predicted molar refractivity (Wildman–Crippen MR) is 64.8 cm³/mol. The van der Waals surface area contributed by atoms with E-state index in [1.54, 1.807) is 24.2 Å². The number of nitrogens with zero attached hydrogens (tertiary/aromatic N) is 1. The van der Waals surface area contributed by atoms with E-state index in [0.717, 1.165) is 12.2 Å². The Morgan fingerprint density at radius 3 is 2.67 bits per heavy atom. The summed E-state index contributed by atoms with van der Waals surface area (Å²) in [4.78, 5) is 3.99. The van der Waals surface area contributed by atoms with Crippen molar-refractivity contribution in [2.24, 2.45) is 5.73 Å². The topological polar surface area (TPSA) is 59.1 Å². The van der Waals surface area contributed by atoms with E-state index in [1.165, 1.54) is 5.56 Å². The maximum atomic E-state index is 8.73. The summed E-state index contributed by atoms with van der Waals surface area (Å²) in [6.07, 6.45) is 4.40. The minimum atomic E-state index is 0.107. The van der Waals surface area contributed by atoms with Gasteiger partial charge in [0.25, 0.3) is 0 Å². The Balaban J connectivity index is 2.58. The van der Waals surface area contributed by atoms with E-state index < -0.39 is 0 Å². The Bertz CT molecular complexity index is 267. The van der Waals surface area contributed by atoms with Gasteiger partial charge >= 0.3 is 0 Å². The van der Waals surface area contributed by atoms with Crippen molar-refractivity contribution >= 4 is 11.8 Å². The number of aliphatic hydroxyl groups is 1. The number of pyridine rings is 1. The first-order chi connectivity index (χ1) is 7.25. The molecule has 0 bridgehead atoms. The molecule has 1 rings (SSSR count). The van der Waals surface area contributed by atoms with E-state index >= 15 is 0 Å². The van der Waals surface area contributed by atoms with Gasteiger partial charge in [-0.15, -0.1) is 0 Å². The molecule has 0 saturated heterocycles. The van der Waals surface area contributed by atoms with E-state index in [-0.39, 0.29) is 12.6 Å². The molecule has 3 N–H and O–H groups in total. The Morgan fingerprint density at radius 1 is 1.47 bits per heavy atom. The lowest BCUT2D eigenvalue weighted by molar-refractivity contribution is 0.296. The van der Waals surface area contributed by atoms with Gasteiger partial charge in [-0.3, -0.25) is 4.98 Å². The molecule has 1 aromatic heterocycles. The zero-order valence-corrected chi connectivity index (χ0v) is 9.78. The van der Waals surface area contributed by atoms with Crippen LogP contribution in [0.25, 0.3) is 0 Å². The Kier molecular flexibility index (Phi) is 5.68. The molecule has 0 amide bonds. The Hall–Kier alpha value is -0.580. The molecule has 1 heterocycles. The lowest BCUT2D eigenvalue weighted by Crippen LogP contribution is -2.23. The van der Waals surface area contributed by atoms with Crippen LogP contribution in [0.4, 0.5) is 0 Å². The van der Waals surface area contributed by atoms with Crippen LogP contribution in [0, 0.1) is 0 Å². The van der Waals surface area contributed by atoms with Gasteiger partial charge in [-0.05, 0) is 36.8 Å². The fraction of sp³-hybridized carbons (Fsp3) is 0.545. The molecule has 84 valence electrons. The van der Waals surface area contributed by atoms with Gasteiger partial charge in [0.15, 0.2) is 0 Å². The van der Waals surface area contributed by atoms with Crippen LogP contribution in [0.3, 0.4) is 0 Å². The zero-order chi connectivity index (χ0) is 11.1. The second-order valence-electron chi connectivity index (χ2n) is 3.51. The van der Waals surface area contributed by atoms with Gasteiger partial charge < -0.3 is 10.8 Å². The number of thioether (sulfide) groups is 1. The van der Waals surface area contributed by atoms with Crippen molar-refractivity contribution in [3.8, 4) is 0 Å². The van der Waals surface area contributed by atoms with Gasteiger partial charge in [0.1, 0.15) is 0 Å². The van der Waals surface area contributed by atoms with Crippen molar-refractivity contribution in [2.75, 3.05) is 12.4 Å². The highest BCUT2D eigenvalue weighted by atomic mass is 32.2. The minimum Gasteiger partial charge on any atom is -0.396 e. The van der Waals surface area contributed by atoms with Crippen LogP contribution < -0.4 is 5.73 Å². The highest BCUT2D eigenvalue weighted by Gasteiger charge is 2.15. The van der Waals surface area contributed by atoms with Crippen molar-refractivity contribution < 1.29 is 5.11 Å². The summed E-state index contributed by atoms with van der Waals surface area (Å²) in [5, 5.41) is 9.02. The summed E-state index contributed by atoms with van der Waals surface area (Å²) in [7, 11) is 0. The maximum absolute atomic E-state index is 8.73. The number of aliphatic hydroxyl groups excluding tert-OH is 1. The third-order valence-corrected chi connectivity index (χ3v) is 3.70. The van der Waals surface area contributed by atoms with E-state index in [9.17, 15) is 0 Å². The molecule has 0 aliphatic heterocycles. The van der Waals surface area contributed by atoms with Crippen molar-refractivity contribution in [3.63, 3.8) is 0 Å². The van der Waals surface area contributed by atoms with E-state index in [1.807, 2.05) is 19.1 Å². The van der Waals surface area contributed by atoms with Crippen LogP contribution in [-0.4, -0.2) is 28.5 Å². The van der Waals surface area contributed by atoms with Gasteiger partial charge in [0.05, 0.1) is 0 Å². The Morgan fingerprint density at radius 2 is 2.13 bits per heavy atom. The highest BCUT2D eigenvalue weighted by molar-refractivity contribution is 7.99. The van der Waals surface area contributed by atoms with Crippen LogP contribution in [0.5, 0.6) is 0 Å². The van der Waals surface area contributed by atoms with Gasteiger partial charge in [-0.2, -0.15) is 11.8 Å². The largest absolute Gasteiger partial charge is 0.396 e. The van der Waals surface area contributed by atoms with Crippen LogP contribution in [0.2, 0.25) is 0 Å². The van der Waals surface area contributed by atoms with E-state index in [4.69, 9.17) is 10.8 Å². The molecule has 0 aliphatic rings. The first kappa shape index (κ1) is 12.5. The smallest absolute Gasteiger partial charge is 0.0446 e. The summed E-state index contributed by atoms with van der Waals surface area (Å²) < 4.78 is 0. The molecule has 0 aromatic carbocycles. The van der Waals surface area contributed by atoms with Crippen LogP contribution in [0.1, 0.15) is 24.2 Å². The minimum absolute atomic E-state index is 0.107. The molecule has 2 unspecified atom stereocenters. The average molecular weight is 226 g/mol. The monoisotopic (exact) mass is 226 g/mol. The molecular weight excluding hydrogens is 208 g/mol. The molecule has 0 aliphatic carbocycles. The molecule has 1 aromatic rings. The maximum Gasteiger partial charge on any atom is 0.0446 e. The van der Waals surface area contributed by atoms with Crippen LogP contribution in [0.15, 0.2) is 24.5 Å². The molecule has 2 atom stereocenters. The van der Waals surface area contributed by atoms with Crippen LogP contribution >= 0.6 is 11.8 Å². The predicted octanol–water partition coefficient (Wildman–Crippen LogP) is 1.59. The van der Waals surface area contributed by atoms with E-state index in [2.05, 4.69) is 4.98 Å². The number of nitrogens with two attached hydrogens (primary N) is 1. The molecule has 0 radical (unpaired) electrons. The lowest BCUT2D eigenvalue weighted by atomic mass is 10.1. The third kappa shape index (κ3) is 4.20. The summed E-state index contributed by atoms with van der Waals surface area (Å²) in [5.74, 6) is 0.936. The van der Waals surface area contributed by atoms with Crippen LogP contribution in [-0.2, 0) is 0 Å². The molecule has 0 spiro atoms. The summed E-state index contributed by atoms with van der Waals surface area (Å²) >= 11 is 1.79. The highest BCUT2D eigenvalue weighted by Crippen LogP contribution is 2.31. The lowest BCUT2D eigenvalue weighted by Gasteiger charge is -2.20. The second-order valence-corrected chi connectivity index (χ2v) is 4.76. The van der Waals surface area contributed by atoms with E-state index in [0.29, 0.717) is 5.25 Å². The third-order valence-electron chi connectivity index (χ3n) is 2.11. The molecule has 4 heteroatoms. The Labute approximate surface area is 95.1 Å². The van der Waals surface area contributed by atoms with Gasteiger partial charge in [-0.25, -0.2) is 0 Å². The number of aromatic nitrogens is 1. The summed E-state index contributed by atoms with van der Waals surface area (Å²) in [6.45, 7) is 2.26. The van der Waals surface area contributed by atoms with Crippen molar-refractivity contribution in [1.29, 1.82) is 0 Å². The van der Waals surface area contributed by atoms with Crippen molar-refractivity contribution in [3.05, 3.63) is 30.1 Å². The number of hydrogen-bond donors (Lipinski definition) is 2. The fourth-order valence-electron chi connectivity index (χ4n) is 1.38. The molecule has 15 heavy (non-hydrogen) atoms.